The molecule has 0 saturated carbocycles. The Morgan fingerprint density at radius 2 is 2.18 bits per heavy atom. The summed E-state index contributed by atoms with van der Waals surface area (Å²) in [5, 5.41) is 14.7. The van der Waals surface area contributed by atoms with E-state index in [-0.39, 0.29) is 6.04 Å². The standard InChI is InChI=1S/C16H15Cl2NO2S/c17-11-3-4-12(13(18)8-11)15(10-5-7-22-9-10)19-6-1-2-14(19)16(20)21/h3-5,7-9,14-15H,1-2,6H2,(H,20,21). The molecule has 1 N–H and O–H groups in total. The van der Waals surface area contributed by atoms with Gasteiger partial charge in [-0.3, -0.25) is 9.69 Å². The monoisotopic (exact) mass is 355 g/mol. The molecule has 0 amide bonds. The highest BCUT2D eigenvalue weighted by Crippen LogP contribution is 2.39. The molecule has 1 saturated heterocycles. The van der Waals surface area contributed by atoms with Gasteiger partial charge in [0.2, 0.25) is 0 Å². The molecule has 2 atom stereocenters. The van der Waals surface area contributed by atoms with E-state index in [4.69, 9.17) is 23.2 Å². The van der Waals surface area contributed by atoms with E-state index in [9.17, 15) is 9.90 Å². The molecule has 0 bridgehead atoms. The number of carboxylic acid groups (broad SMARTS) is 1. The molecule has 0 aliphatic carbocycles. The molecule has 0 spiro atoms. The second-order valence-corrected chi connectivity index (χ2v) is 6.98. The summed E-state index contributed by atoms with van der Waals surface area (Å²) in [6.07, 6.45) is 1.55. The summed E-state index contributed by atoms with van der Waals surface area (Å²) in [7, 11) is 0. The Kier molecular flexibility index (Phi) is 4.73. The molecule has 1 aromatic carbocycles. The zero-order valence-electron chi connectivity index (χ0n) is 11.7. The second kappa shape index (κ2) is 6.59. The third-order valence-electron chi connectivity index (χ3n) is 4.03. The van der Waals surface area contributed by atoms with Crippen LogP contribution in [-0.2, 0) is 4.79 Å². The number of nitrogens with zero attached hydrogens (tertiary/aromatic N) is 1. The van der Waals surface area contributed by atoms with Crippen LogP contribution in [-0.4, -0.2) is 28.6 Å². The quantitative estimate of drug-likeness (QED) is 0.864. The van der Waals surface area contributed by atoms with Crippen LogP contribution in [0.5, 0.6) is 0 Å². The summed E-state index contributed by atoms with van der Waals surface area (Å²) in [5.41, 5.74) is 1.97. The average molecular weight is 356 g/mol. The number of hydrogen-bond donors (Lipinski definition) is 1. The van der Waals surface area contributed by atoms with Gasteiger partial charge >= 0.3 is 5.97 Å². The minimum Gasteiger partial charge on any atom is -0.480 e. The number of likely N-dealkylation sites (tertiary alicyclic amines) is 1. The molecule has 3 rings (SSSR count). The van der Waals surface area contributed by atoms with Crippen molar-refractivity contribution >= 4 is 40.5 Å². The third kappa shape index (κ3) is 3.01. The SMILES string of the molecule is O=C(O)C1CCCN1C(c1ccsc1)c1ccc(Cl)cc1Cl. The number of hydrogen-bond acceptors (Lipinski definition) is 3. The van der Waals surface area contributed by atoms with E-state index in [0.717, 1.165) is 24.1 Å². The maximum absolute atomic E-state index is 11.6. The molecule has 2 aromatic rings. The lowest BCUT2D eigenvalue weighted by Gasteiger charge is -2.31. The van der Waals surface area contributed by atoms with Crippen LogP contribution < -0.4 is 0 Å². The Hall–Kier alpha value is -1.07. The van der Waals surface area contributed by atoms with Gasteiger partial charge in [0, 0.05) is 16.6 Å². The Balaban J connectivity index is 2.07. The smallest absolute Gasteiger partial charge is 0.320 e. The Bertz CT molecular complexity index is 675. The fourth-order valence-electron chi connectivity index (χ4n) is 3.07. The summed E-state index contributed by atoms with van der Waals surface area (Å²) in [4.78, 5) is 13.6. The van der Waals surface area contributed by atoms with E-state index in [1.807, 2.05) is 27.8 Å². The first-order valence-corrected chi connectivity index (χ1v) is 8.73. The maximum atomic E-state index is 11.6. The molecule has 2 unspecified atom stereocenters. The van der Waals surface area contributed by atoms with E-state index in [0.29, 0.717) is 16.5 Å². The highest BCUT2D eigenvalue weighted by molar-refractivity contribution is 7.08. The first-order valence-electron chi connectivity index (χ1n) is 7.03. The zero-order chi connectivity index (χ0) is 15.7. The fourth-order valence-corrected chi connectivity index (χ4v) is 4.26. The van der Waals surface area contributed by atoms with Crippen LogP contribution in [0.2, 0.25) is 10.0 Å². The van der Waals surface area contributed by atoms with Crippen LogP contribution in [0.15, 0.2) is 35.0 Å². The lowest BCUT2D eigenvalue weighted by Crippen LogP contribution is -2.39. The first kappa shape index (κ1) is 15.8. The third-order valence-corrected chi connectivity index (χ3v) is 5.29. The van der Waals surface area contributed by atoms with E-state index in [2.05, 4.69) is 0 Å². The summed E-state index contributed by atoms with van der Waals surface area (Å²) in [5.74, 6) is -0.775. The Labute approximate surface area is 143 Å². The van der Waals surface area contributed by atoms with Crippen molar-refractivity contribution in [2.24, 2.45) is 0 Å². The lowest BCUT2D eigenvalue weighted by atomic mass is 9.98. The molecular formula is C16H15Cl2NO2S. The van der Waals surface area contributed by atoms with Gasteiger partial charge in [0.1, 0.15) is 6.04 Å². The Morgan fingerprint density at radius 3 is 2.82 bits per heavy atom. The van der Waals surface area contributed by atoms with Gasteiger partial charge in [-0.1, -0.05) is 29.3 Å². The molecule has 2 heterocycles. The van der Waals surface area contributed by atoms with E-state index >= 15 is 0 Å². The van der Waals surface area contributed by atoms with E-state index in [1.54, 1.807) is 23.5 Å². The average Bonchev–Trinajstić information content (AvgIpc) is 3.13. The number of carboxylic acids is 1. The summed E-state index contributed by atoms with van der Waals surface area (Å²) in [6, 6.07) is 6.80. The van der Waals surface area contributed by atoms with E-state index < -0.39 is 12.0 Å². The number of thiophene rings is 1. The van der Waals surface area contributed by atoms with Crippen LogP contribution in [0, 0.1) is 0 Å². The van der Waals surface area contributed by atoms with Crippen molar-refractivity contribution in [3.8, 4) is 0 Å². The van der Waals surface area contributed by atoms with Crippen molar-refractivity contribution in [1.82, 2.24) is 4.90 Å². The lowest BCUT2D eigenvalue weighted by molar-refractivity contribution is -0.142. The molecule has 1 aliphatic rings. The molecule has 6 heteroatoms. The normalized spacial score (nSPS) is 20.2. The molecule has 1 aliphatic heterocycles. The predicted octanol–water partition coefficient (Wildman–Crippen LogP) is 4.69. The molecule has 1 fully saturated rings. The highest BCUT2D eigenvalue weighted by Gasteiger charge is 2.37. The zero-order valence-corrected chi connectivity index (χ0v) is 14.0. The number of halogens is 2. The number of carbonyl (C=O) groups is 1. The van der Waals surface area contributed by atoms with Gasteiger partial charge in [0.25, 0.3) is 0 Å². The molecular weight excluding hydrogens is 341 g/mol. The van der Waals surface area contributed by atoms with Crippen LogP contribution in [0.1, 0.15) is 30.0 Å². The summed E-state index contributed by atoms with van der Waals surface area (Å²) >= 11 is 14.0. The van der Waals surface area contributed by atoms with Crippen LogP contribution in [0.25, 0.3) is 0 Å². The molecule has 1 aromatic heterocycles. The second-order valence-electron chi connectivity index (χ2n) is 5.36. The molecule has 22 heavy (non-hydrogen) atoms. The van der Waals surface area contributed by atoms with Crippen molar-refractivity contribution in [3.63, 3.8) is 0 Å². The van der Waals surface area contributed by atoms with Crippen molar-refractivity contribution in [2.45, 2.75) is 24.9 Å². The van der Waals surface area contributed by atoms with Gasteiger partial charge in [-0.25, -0.2) is 0 Å². The van der Waals surface area contributed by atoms with Crippen molar-refractivity contribution < 1.29 is 9.90 Å². The largest absolute Gasteiger partial charge is 0.480 e. The molecule has 3 nitrogen and oxygen atoms in total. The maximum Gasteiger partial charge on any atom is 0.320 e. The topological polar surface area (TPSA) is 40.5 Å². The van der Waals surface area contributed by atoms with Crippen molar-refractivity contribution in [2.75, 3.05) is 6.54 Å². The first-order chi connectivity index (χ1) is 10.6. The van der Waals surface area contributed by atoms with Gasteiger partial charge in [-0.05, 0) is 52.9 Å². The van der Waals surface area contributed by atoms with Gasteiger partial charge in [-0.15, -0.1) is 0 Å². The minimum atomic E-state index is -0.775. The number of aliphatic carboxylic acids is 1. The van der Waals surface area contributed by atoms with Crippen LogP contribution in [0.3, 0.4) is 0 Å². The van der Waals surface area contributed by atoms with E-state index in [1.165, 1.54) is 0 Å². The predicted molar refractivity (Wildman–Crippen MR) is 90.0 cm³/mol. The van der Waals surface area contributed by atoms with Gasteiger partial charge in [-0.2, -0.15) is 11.3 Å². The summed E-state index contributed by atoms with van der Waals surface area (Å²) in [6.45, 7) is 0.746. The Morgan fingerprint density at radius 1 is 1.36 bits per heavy atom. The van der Waals surface area contributed by atoms with Crippen molar-refractivity contribution in [1.29, 1.82) is 0 Å². The number of rotatable bonds is 4. The number of benzene rings is 1. The fraction of sp³-hybridized carbons (Fsp3) is 0.312. The van der Waals surface area contributed by atoms with Gasteiger partial charge in [0.05, 0.1) is 6.04 Å². The van der Waals surface area contributed by atoms with Gasteiger partial charge in [0.15, 0.2) is 0 Å². The van der Waals surface area contributed by atoms with Crippen LogP contribution >= 0.6 is 34.5 Å². The minimum absolute atomic E-state index is 0.153. The van der Waals surface area contributed by atoms with Crippen molar-refractivity contribution in [3.05, 3.63) is 56.2 Å². The highest BCUT2D eigenvalue weighted by atomic mass is 35.5. The molecule has 0 radical (unpaired) electrons. The summed E-state index contributed by atoms with van der Waals surface area (Å²) < 4.78 is 0. The van der Waals surface area contributed by atoms with Gasteiger partial charge < -0.3 is 5.11 Å². The van der Waals surface area contributed by atoms with Crippen LogP contribution in [0.4, 0.5) is 0 Å². The molecule has 116 valence electrons.